The lowest BCUT2D eigenvalue weighted by Gasteiger charge is -2.28. The topological polar surface area (TPSA) is 57.2 Å². The number of carbonyl (C=O) groups excluding carboxylic acids is 1. The van der Waals surface area contributed by atoms with Gasteiger partial charge in [0, 0.05) is 48.7 Å². The van der Waals surface area contributed by atoms with Crippen LogP contribution < -0.4 is 15.1 Å². The number of amides is 1. The maximum absolute atomic E-state index is 12.0. The summed E-state index contributed by atoms with van der Waals surface area (Å²) in [6, 6.07) is 16.3. The summed E-state index contributed by atoms with van der Waals surface area (Å²) in [5.41, 5.74) is 4.87. The van der Waals surface area contributed by atoms with E-state index in [2.05, 4.69) is 28.9 Å². The van der Waals surface area contributed by atoms with Crippen LogP contribution in [0.5, 0.6) is 0 Å². The first kappa shape index (κ1) is 21.8. The summed E-state index contributed by atoms with van der Waals surface area (Å²) < 4.78 is 5.42. The highest BCUT2D eigenvalue weighted by molar-refractivity contribution is 6.09. The fourth-order valence-corrected chi connectivity index (χ4v) is 4.01. The average molecular weight is 431 g/mol. The Labute approximate surface area is 189 Å². The number of morpholine rings is 1. The third kappa shape index (κ3) is 5.26. The van der Waals surface area contributed by atoms with Crippen LogP contribution in [0.2, 0.25) is 0 Å². The smallest absolute Gasteiger partial charge is 0.227 e. The highest BCUT2D eigenvalue weighted by Crippen LogP contribution is 2.23. The van der Waals surface area contributed by atoms with Crippen molar-refractivity contribution in [3.8, 4) is 0 Å². The zero-order valence-electron chi connectivity index (χ0n) is 18.6. The Morgan fingerprint density at radius 1 is 1.03 bits per heavy atom. The summed E-state index contributed by atoms with van der Waals surface area (Å²) in [5.74, 6) is 0.758. The van der Waals surface area contributed by atoms with Crippen molar-refractivity contribution in [1.29, 1.82) is 0 Å². The van der Waals surface area contributed by atoms with E-state index in [1.165, 1.54) is 5.69 Å². The average Bonchev–Trinajstić information content (AvgIpc) is 3.26. The normalized spacial score (nSPS) is 17.3. The molecule has 6 heteroatoms. The van der Waals surface area contributed by atoms with Crippen LogP contribution in [0, 0.1) is 0 Å². The first-order valence-corrected chi connectivity index (χ1v) is 11.1. The Morgan fingerprint density at radius 3 is 2.34 bits per heavy atom. The number of ether oxygens (including phenoxy) is 1. The maximum atomic E-state index is 12.0. The molecule has 2 aromatic carbocycles. The van der Waals surface area contributed by atoms with E-state index in [0.717, 1.165) is 61.9 Å². The Kier molecular flexibility index (Phi) is 7.02. The molecular weight excluding hydrogens is 400 g/mol. The fourth-order valence-electron chi connectivity index (χ4n) is 4.01. The molecule has 1 N–H and O–H groups in total. The van der Waals surface area contributed by atoms with Gasteiger partial charge in [0.25, 0.3) is 0 Å². The molecule has 2 aliphatic heterocycles. The molecule has 2 heterocycles. The maximum Gasteiger partial charge on any atom is 0.227 e. The third-order valence-corrected chi connectivity index (χ3v) is 5.66. The van der Waals surface area contributed by atoms with Crippen molar-refractivity contribution in [2.24, 2.45) is 4.99 Å². The number of allylic oxidation sites excluding steroid dienone is 2. The second kappa shape index (κ2) is 10.3. The van der Waals surface area contributed by atoms with Crippen LogP contribution in [0.4, 0.5) is 17.1 Å². The monoisotopic (exact) mass is 430 g/mol. The predicted molar refractivity (Wildman–Crippen MR) is 132 cm³/mol. The van der Waals surface area contributed by atoms with Gasteiger partial charge in [-0.15, -0.1) is 0 Å². The molecule has 6 nitrogen and oxygen atoms in total. The molecule has 0 unspecified atom stereocenters. The zero-order chi connectivity index (χ0) is 22.3. The summed E-state index contributed by atoms with van der Waals surface area (Å²) in [4.78, 5) is 20.9. The number of nitrogens with zero attached hydrogens (tertiary/aromatic N) is 3. The first-order chi connectivity index (χ1) is 15.6. The fraction of sp³-hybridized carbons (Fsp3) is 0.308. The van der Waals surface area contributed by atoms with Crippen molar-refractivity contribution in [3.05, 3.63) is 78.6 Å². The Bertz CT molecular complexity index is 1000. The molecule has 2 aromatic rings. The van der Waals surface area contributed by atoms with Gasteiger partial charge in [-0.1, -0.05) is 24.8 Å². The number of carbonyl (C=O) groups is 1. The number of hydrogen-bond donors (Lipinski definition) is 1. The Morgan fingerprint density at radius 2 is 1.72 bits per heavy atom. The number of aliphatic imine (C=N–C) groups is 1. The molecule has 32 heavy (non-hydrogen) atoms. The number of benzene rings is 2. The van der Waals surface area contributed by atoms with E-state index in [1.807, 2.05) is 60.4 Å². The van der Waals surface area contributed by atoms with Gasteiger partial charge in [-0.05, 0) is 55.8 Å². The second-order valence-corrected chi connectivity index (χ2v) is 7.91. The minimum Gasteiger partial charge on any atom is -0.378 e. The second-order valence-electron chi connectivity index (χ2n) is 7.91. The van der Waals surface area contributed by atoms with E-state index in [9.17, 15) is 4.79 Å². The summed E-state index contributed by atoms with van der Waals surface area (Å²) in [6.45, 7) is 10.2. The first-order valence-electron chi connectivity index (χ1n) is 11.1. The molecule has 0 bridgehead atoms. The van der Waals surface area contributed by atoms with Crippen LogP contribution in [0.3, 0.4) is 0 Å². The minimum absolute atomic E-state index is 0.192. The van der Waals surface area contributed by atoms with Crippen LogP contribution in [-0.2, 0) is 9.53 Å². The largest absolute Gasteiger partial charge is 0.378 e. The summed E-state index contributed by atoms with van der Waals surface area (Å²) in [6.07, 6.45) is 5.47. The van der Waals surface area contributed by atoms with E-state index in [4.69, 9.17) is 9.73 Å². The summed E-state index contributed by atoms with van der Waals surface area (Å²) >= 11 is 0. The molecule has 4 rings (SSSR count). The van der Waals surface area contributed by atoms with Crippen molar-refractivity contribution in [1.82, 2.24) is 0 Å². The Hall–Kier alpha value is -3.38. The van der Waals surface area contributed by atoms with Crippen molar-refractivity contribution in [2.45, 2.75) is 19.8 Å². The van der Waals surface area contributed by atoms with Crippen molar-refractivity contribution < 1.29 is 9.53 Å². The van der Waals surface area contributed by atoms with Crippen LogP contribution in [-0.4, -0.2) is 44.5 Å². The quantitative estimate of drug-likeness (QED) is 0.653. The lowest BCUT2D eigenvalue weighted by Crippen LogP contribution is -2.36. The third-order valence-electron chi connectivity index (χ3n) is 5.66. The molecule has 166 valence electrons. The van der Waals surface area contributed by atoms with Crippen LogP contribution in [0.25, 0.3) is 0 Å². The van der Waals surface area contributed by atoms with Crippen molar-refractivity contribution in [3.63, 3.8) is 0 Å². The van der Waals surface area contributed by atoms with E-state index < -0.39 is 0 Å². The number of anilines is 3. The number of nitrogens with one attached hydrogen (secondary N) is 1. The standard InChI is InChI=1S/C26H30N4O2/c1-3-5-25(21-7-11-24(12-8-21)30-15-4-6-26(30)31)28-20(2)27-22-9-13-23(14-10-22)29-16-18-32-19-17-29/h3,5,7-14,27H,2,4,6,15-19H2,1H3/b5-3-,28-25?. The number of rotatable bonds is 7. The summed E-state index contributed by atoms with van der Waals surface area (Å²) in [5, 5.41) is 3.28. The van der Waals surface area contributed by atoms with Gasteiger partial charge in [-0.25, -0.2) is 4.99 Å². The number of hydrogen-bond acceptors (Lipinski definition) is 5. The van der Waals surface area contributed by atoms with Gasteiger partial charge < -0.3 is 19.9 Å². The highest BCUT2D eigenvalue weighted by Gasteiger charge is 2.21. The Balaban J connectivity index is 1.44. The lowest BCUT2D eigenvalue weighted by atomic mass is 10.1. The molecule has 0 radical (unpaired) electrons. The minimum atomic E-state index is 0.192. The molecule has 0 aliphatic carbocycles. The van der Waals surface area contributed by atoms with E-state index in [1.54, 1.807) is 0 Å². The van der Waals surface area contributed by atoms with E-state index in [-0.39, 0.29) is 5.91 Å². The van der Waals surface area contributed by atoms with Crippen LogP contribution in [0.15, 0.2) is 78.1 Å². The SMILES string of the molecule is C=C(N=C(/C=C\C)c1ccc(N2CCCC2=O)cc1)Nc1ccc(N2CCOCC2)cc1. The van der Waals surface area contributed by atoms with E-state index in [0.29, 0.717) is 12.2 Å². The van der Waals surface area contributed by atoms with Gasteiger partial charge in [0.15, 0.2) is 0 Å². The molecule has 2 saturated heterocycles. The van der Waals surface area contributed by atoms with Gasteiger partial charge in [-0.3, -0.25) is 4.79 Å². The molecule has 0 atom stereocenters. The highest BCUT2D eigenvalue weighted by atomic mass is 16.5. The lowest BCUT2D eigenvalue weighted by molar-refractivity contribution is -0.117. The van der Waals surface area contributed by atoms with Crippen LogP contribution >= 0.6 is 0 Å². The molecular formula is C26H30N4O2. The molecule has 0 saturated carbocycles. The van der Waals surface area contributed by atoms with E-state index >= 15 is 0 Å². The van der Waals surface area contributed by atoms with Gasteiger partial charge >= 0.3 is 0 Å². The molecule has 0 spiro atoms. The molecule has 1 amide bonds. The molecule has 2 aliphatic rings. The summed E-state index contributed by atoms with van der Waals surface area (Å²) in [7, 11) is 0. The van der Waals surface area contributed by atoms with Gasteiger partial charge in [-0.2, -0.15) is 0 Å². The van der Waals surface area contributed by atoms with Gasteiger partial charge in [0.05, 0.1) is 18.9 Å². The molecule has 2 fully saturated rings. The van der Waals surface area contributed by atoms with Gasteiger partial charge in [0.1, 0.15) is 5.82 Å². The zero-order valence-corrected chi connectivity index (χ0v) is 18.6. The van der Waals surface area contributed by atoms with Crippen molar-refractivity contribution in [2.75, 3.05) is 48.0 Å². The van der Waals surface area contributed by atoms with Gasteiger partial charge in [0.2, 0.25) is 5.91 Å². The van der Waals surface area contributed by atoms with Crippen LogP contribution in [0.1, 0.15) is 25.3 Å². The predicted octanol–water partition coefficient (Wildman–Crippen LogP) is 4.60. The van der Waals surface area contributed by atoms with Crippen molar-refractivity contribution >= 4 is 28.7 Å². The molecule has 0 aromatic heterocycles.